The Labute approximate surface area is 140 Å². The van der Waals surface area contributed by atoms with E-state index in [0.717, 1.165) is 16.7 Å². The Bertz CT molecular complexity index is 827. The fourth-order valence-electron chi connectivity index (χ4n) is 2.72. The molecule has 2 aliphatic rings. The fraction of sp³-hybridized carbons (Fsp3) is 0.167. The average Bonchev–Trinajstić information content (AvgIpc) is 3.20. The van der Waals surface area contributed by atoms with Gasteiger partial charge in [-0.15, -0.1) is 0 Å². The van der Waals surface area contributed by atoms with Crippen molar-refractivity contribution in [3.8, 4) is 17.4 Å². The third-order valence-corrected chi connectivity index (χ3v) is 3.89. The number of nitrogen functional groups attached to an aromatic ring is 1. The van der Waals surface area contributed by atoms with Crippen molar-refractivity contribution in [3.63, 3.8) is 0 Å². The lowest BCUT2D eigenvalue weighted by molar-refractivity contribution is 0.430. The topological polar surface area (TPSA) is 97.0 Å². The molecular formula is C18H19N5O. The number of rotatable bonds is 2. The van der Waals surface area contributed by atoms with Crippen LogP contribution in [0.1, 0.15) is 17.5 Å². The van der Waals surface area contributed by atoms with Crippen LogP contribution in [0.25, 0.3) is 11.4 Å². The van der Waals surface area contributed by atoms with Gasteiger partial charge in [0, 0.05) is 5.56 Å². The molecule has 0 unspecified atom stereocenters. The van der Waals surface area contributed by atoms with E-state index in [1.54, 1.807) is 0 Å². The lowest BCUT2D eigenvalue weighted by Gasteiger charge is -2.09. The summed E-state index contributed by atoms with van der Waals surface area (Å²) in [4.78, 5) is 11.7. The summed E-state index contributed by atoms with van der Waals surface area (Å²) in [7, 11) is 0. The number of aryl methyl sites for hydroxylation is 2. The fourth-order valence-corrected chi connectivity index (χ4v) is 2.72. The van der Waals surface area contributed by atoms with Crippen LogP contribution in [-0.2, 0) is 0 Å². The van der Waals surface area contributed by atoms with Crippen molar-refractivity contribution >= 4 is 5.95 Å². The average molecular weight is 321 g/mol. The monoisotopic (exact) mass is 321 g/mol. The van der Waals surface area contributed by atoms with E-state index in [9.17, 15) is 5.11 Å². The van der Waals surface area contributed by atoms with Gasteiger partial charge in [-0.3, -0.25) is 5.43 Å². The van der Waals surface area contributed by atoms with Gasteiger partial charge in [0.25, 0.3) is 0 Å². The highest BCUT2D eigenvalue weighted by Gasteiger charge is 2.11. The number of nitrogens with one attached hydrogen (secondary N) is 1. The number of nitrogens with two attached hydrogens (primary N) is 1. The van der Waals surface area contributed by atoms with Crippen molar-refractivity contribution in [2.75, 3.05) is 5.43 Å². The summed E-state index contributed by atoms with van der Waals surface area (Å²) >= 11 is 0. The minimum Gasteiger partial charge on any atom is -0.479 e. The van der Waals surface area contributed by atoms with Crippen molar-refractivity contribution in [1.82, 2.24) is 15.0 Å². The molecular weight excluding hydrogens is 302 g/mol. The zero-order valence-electron chi connectivity index (χ0n) is 13.6. The van der Waals surface area contributed by atoms with E-state index in [1.807, 2.05) is 32.0 Å². The Balaban J connectivity index is 0.000000198. The van der Waals surface area contributed by atoms with Crippen LogP contribution in [0.5, 0.6) is 6.01 Å². The summed E-state index contributed by atoms with van der Waals surface area (Å²) in [6.45, 7) is 3.91. The number of fused-ring (bicyclic) bond motifs is 2. The predicted molar refractivity (Wildman–Crippen MR) is 94.1 cm³/mol. The van der Waals surface area contributed by atoms with Crippen molar-refractivity contribution in [2.45, 2.75) is 20.3 Å². The van der Waals surface area contributed by atoms with Gasteiger partial charge in [0.2, 0.25) is 5.95 Å². The third-order valence-electron chi connectivity index (χ3n) is 3.89. The predicted octanol–water partition coefficient (Wildman–Crippen LogP) is 2.96. The smallest absolute Gasteiger partial charge is 0.319 e. The summed E-state index contributed by atoms with van der Waals surface area (Å²) in [6.07, 6.45) is 9.90. The standard InChI is InChI=1S/C11H13N5O.C7H6/c1-6-4-3-5-7(2)8(6)9-13-10(16-12)15-11(17)14-9;1-2-7-4-3-6(1)5-7/h3-5H,12H2,1-2H3,(H2,13,14,15,16,17);1-4H,5H2. The molecule has 2 aliphatic carbocycles. The number of aromatic hydroxyl groups is 1. The maximum absolute atomic E-state index is 9.41. The molecule has 24 heavy (non-hydrogen) atoms. The zero-order chi connectivity index (χ0) is 17.1. The van der Waals surface area contributed by atoms with Crippen LogP contribution in [0.4, 0.5) is 5.95 Å². The van der Waals surface area contributed by atoms with E-state index in [-0.39, 0.29) is 12.0 Å². The van der Waals surface area contributed by atoms with Crippen LogP contribution in [0, 0.1) is 13.8 Å². The minimum atomic E-state index is -0.356. The maximum atomic E-state index is 9.41. The molecule has 0 spiro atoms. The van der Waals surface area contributed by atoms with Crippen LogP contribution in [-0.4, -0.2) is 20.1 Å². The van der Waals surface area contributed by atoms with Gasteiger partial charge in [-0.1, -0.05) is 42.5 Å². The molecule has 122 valence electrons. The molecule has 0 saturated heterocycles. The van der Waals surface area contributed by atoms with Gasteiger partial charge in [-0.2, -0.15) is 15.0 Å². The highest BCUT2D eigenvalue weighted by atomic mass is 16.3. The first-order valence-electron chi connectivity index (χ1n) is 7.63. The Morgan fingerprint density at radius 2 is 1.62 bits per heavy atom. The molecule has 1 aromatic carbocycles. The Morgan fingerprint density at radius 3 is 2.08 bits per heavy atom. The second-order valence-corrected chi connectivity index (χ2v) is 5.69. The first kappa shape index (κ1) is 15.9. The summed E-state index contributed by atoms with van der Waals surface area (Å²) in [5.74, 6) is 5.77. The van der Waals surface area contributed by atoms with Gasteiger partial charge < -0.3 is 5.11 Å². The molecule has 0 radical (unpaired) electrons. The molecule has 1 aromatic heterocycles. The maximum Gasteiger partial charge on any atom is 0.319 e. The summed E-state index contributed by atoms with van der Waals surface area (Å²) in [5.41, 5.74) is 8.16. The van der Waals surface area contributed by atoms with E-state index in [1.165, 1.54) is 17.6 Å². The van der Waals surface area contributed by atoms with Crippen LogP contribution < -0.4 is 11.3 Å². The quantitative estimate of drug-likeness (QED) is 0.581. The Kier molecular flexibility index (Phi) is 4.39. The summed E-state index contributed by atoms with van der Waals surface area (Å²) in [6, 6.07) is 5.51. The highest BCUT2D eigenvalue weighted by molar-refractivity contribution is 5.65. The summed E-state index contributed by atoms with van der Waals surface area (Å²) in [5, 5.41) is 9.41. The molecule has 0 fully saturated rings. The zero-order valence-corrected chi connectivity index (χ0v) is 13.6. The van der Waals surface area contributed by atoms with E-state index >= 15 is 0 Å². The molecule has 2 bridgehead atoms. The molecule has 0 amide bonds. The SMILES string of the molecule is C1=CC2=CC=C1C2.Cc1cccc(C)c1-c1nc(O)nc(NN)n1. The number of hydrazine groups is 1. The normalized spacial score (nSPS) is 14.0. The Morgan fingerprint density at radius 1 is 1.00 bits per heavy atom. The number of hydrogen-bond acceptors (Lipinski definition) is 6. The molecule has 1 heterocycles. The second kappa shape index (κ2) is 6.64. The number of benzene rings is 1. The highest BCUT2D eigenvalue weighted by Crippen LogP contribution is 2.27. The van der Waals surface area contributed by atoms with Gasteiger partial charge in [0.1, 0.15) is 0 Å². The molecule has 4 N–H and O–H groups in total. The number of anilines is 1. The second-order valence-electron chi connectivity index (χ2n) is 5.69. The van der Waals surface area contributed by atoms with Crippen molar-refractivity contribution in [3.05, 3.63) is 64.8 Å². The minimum absolute atomic E-state index is 0.134. The first-order valence-corrected chi connectivity index (χ1v) is 7.63. The van der Waals surface area contributed by atoms with Crippen molar-refractivity contribution in [2.24, 2.45) is 5.84 Å². The van der Waals surface area contributed by atoms with Crippen LogP contribution >= 0.6 is 0 Å². The number of hydrogen-bond donors (Lipinski definition) is 3. The number of allylic oxidation sites excluding steroid dienone is 6. The van der Waals surface area contributed by atoms with E-state index < -0.39 is 0 Å². The van der Waals surface area contributed by atoms with Crippen LogP contribution in [0.2, 0.25) is 0 Å². The molecule has 6 heteroatoms. The van der Waals surface area contributed by atoms with Gasteiger partial charge in [0.15, 0.2) is 5.82 Å². The van der Waals surface area contributed by atoms with E-state index in [2.05, 4.69) is 44.7 Å². The third kappa shape index (κ3) is 3.33. The van der Waals surface area contributed by atoms with E-state index in [4.69, 9.17) is 5.84 Å². The lowest BCUT2D eigenvalue weighted by atomic mass is 10.0. The molecule has 0 aliphatic heterocycles. The number of nitrogens with zero attached hydrogens (tertiary/aromatic N) is 3. The Hall–Kier alpha value is -2.99. The van der Waals surface area contributed by atoms with Gasteiger partial charge in [0.05, 0.1) is 0 Å². The summed E-state index contributed by atoms with van der Waals surface area (Å²) < 4.78 is 0. The van der Waals surface area contributed by atoms with Crippen molar-refractivity contribution < 1.29 is 5.11 Å². The first-order chi connectivity index (χ1) is 11.6. The van der Waals surface area contributed by atoms with Gasteiger partial charge >= 0.3 is 6.01 Å². The molecule has 0 saturated carbocycles. The van der Waals surface area contributed by atoms with Gasteiger partial charge in [-0.05, 0) is 42.5 Å². The van der Waals surface area contributed by atoms with Crippen LogP contribution in [0.3, 0.4) is 0 Å². The molecule has 4 rings (SSSR count). The van der Waals surface area contributed by atoms with E-state index in [0.29, 0.717) is 5.82 Å². The lowest BCUT2D eigenvalue weighted by Crippen LogP contribution is -2.11. The van der Waals surface area contributed by atoms with Gasteiger partial charge in [-0.25, -0.2) is 5.84 Å². The van der Waals surface area contributed by atoms with Crippen molar-refractivity contribution in [1.29, 1.82) is 0 Å². The molecule has 2 aromatic rings. The number of aromatic nitrogens is 3. The van der Waals surface area contributed by atoms with Crippen LogP contribution in [0.15, 0.2) is 53.6 Å². The largest absolute Gasteiger partial charge is 0.479 e. The molecule has 6 nitrogen and oxygen atoms in total. The molecule has 0 atom stereocenters.